The van der Waals surface area contributed by atoms with Gasteiger partial charge in [-0.2, -0.15) is 0 Å². The molecule has 0 radical (unpaired) electrons. The Morgan fingerprint density at radius 1 is 1.36 bits per heavy atom. The molecule has 0 aliphatic rings. The highest BCUT2D eigenvalue weighted by Gasteiger charge is 2.22. The normalized spacial score (nSPS) is 16.5. The minimum Gasteiger partial charge on any atom is -0.380 e. The Bertz CT molecular complexity index is 134. The van der Waals surface area contributed by atoms with E-state index in [9.17, 15) is 4.79 Å². The second-order valence-corrected chi connectivity index (χ2v) is 3.02. The molecule has 66 valence electrons. The van der Waals surface area contributed by atoms with Gasteiger partial charge < -0.3 is 10.5 Å². The maximum Gasteiger partial charge on any atom is 0.154 e. The highest BCUT2D eigenvalue weighted by atomic mass is 16.5. The van der Waals surface area contributed by atoms with Gasteiger partial charge in [0, 0.05) is 13.0 Å². The summed E-state index contributed by atoms with van der Waals surface area (Å²) in [6.45, 7) is 5.47. The van der Waals surface area contributed by atoms with Crippen molar-refractivity contribution in [1.82, 2.24) is 0 Å². The second kappa shape index (κ2) is 4.46. The van der Waals surface area contributed by atoms with E-state index in [1.165, 1.54) is 0 Å². The Balaban J connectivity index is 4.02. The van der Waals surface area contributed by atoms with E-state index in [-0.39, 0.29) is 17.8 Å². The Morgan fingerprint density at radius 2 is 1.82 bits per heavy atom. The molecule has 0 heterocycles. The lowest BCUT2D eigenvalue weighted by atomic mass is 9.99. The third-order valence-electron chi connectivity index (χ3n) is 1.78. The summed E-state index contributed by atoms with van der Waals surface area (Å²) in [4.78, 5) is 11.2. The predicted molar refractivity (Wildman–Crippen MR) is 44.3 cm³/mol. The first-order valence-corrected chi connectivity index (χ1v) is 3.82. The molecule has 3 heteroatoms. The van der Waals surface area contributed by atoms with Gasteiger partial charge in [-0.1, -0.05) is 13.8 Å². The Hall–Kier alpha value is -0.410. The predicted octanol–water partition coefficient (Wildman–Crippen LogP) is 0.574. The lowest BCUT2D eigenvalue weighted by Crippen LogP contribution is -2.43. The number of ketones is 1. The standard InChI is InChI=1S/C8H17NO2/c1-5(2)8(10)7(9)6(3)11-4/h5-7H,9H2,1-4H3. The van der Waals surface area contributed by atoms with Crippen molar-refractivity contribution in [3.8, 4) is 0 Å². The lowest BCUT2D eigenvalue weighted by Gasteiger charge is -2.18. The summed E-state index contributed by atoms with van der Waals surface area (Å²) in [5, 5.41) is 0. The molecule has 3 nitrogen and oxygen atoms in total. The van der Waals surface area contributed by atoms with E-state index in [1.54, 1.807) is 14.0 Å². The first-order chi connectivity index (χ1) is 5.00. The van der Waals surface area contributed by atoms with Crippen molar-refractivity contribution >= 4 is 5.78 Å². The highest BCUT2D eigenvalue weighted by Crippen LogP contribution is 2.03. The fourth-order valence-corrected chi connectivity index (χ4v) is 0.763. The van der Waals surface area contributed by atoms with Crippen molar-refractivity contribution in [2.75, 3.05) is 7.11 Å². The Kier molecular flexibility index (Phi) is 4.30. The van der Waals surface area contributed by atoms with Gasteiger partial charge in [0.2, 0.25) is 0 Å². The van der Waals surface area contributed by atoms with E-state index in [4.69, 9.17) is 10.5 Å². The summed E-state index contributed by atoms with van der Waals surface area (Å²) in [5.74, 6) is 0.0435. The molecule has 0 aromatic carbocycles. The topological polar surface area (TPSA) is 52.3 Å². The number of hydrogen-bond donors (Lipinski definition) is 1. The first-order valence-electron chi connectivity index (χ1n) is 3.82. The molecular weight excluding hydrogens is 142 g/mol. The quantitative estimate of drug-likeness (QED) is 0.652. The van der Waals surface area contributed by atoms with Gasteiger partial charge in [0.25, 0.3) is 0 Å². The van der Waals surface area contributed by atoms with Crippen molar-refractivity contribution < 1.29 is 9.53 Å². The average molecular weight is 159 g/mol. The van der Waals surface area contributed by atoms with Crippen molar-refractivity contribution in [2.45, 2.75) is 32.9 Å². The molecule has 0 saturated heterocycles. The minimum atomic E-state index is -0.486. The van der Waals surface area contributed by atoms with E-state index >= 15 is 0 Å². The molecule has 2 N–H and O–H groups in total. The minimum absolute atomic E-state index is 0.0115. The van der Waals surface area contributed by atoms with E-state index < -0.39 is 6.04 Å². The number of hydrogen-bond acceptors (Lipinski definition) is 3. The van der Waals surface area contributed by atoms with Gasteiger partial charge in [-0.25, -0.2) is 0 Å². The first kappa shape index (κ1) is 10.6. The third kappa shape index (κ3) is 2.99. The van der Waals surface area contributed by atoms with Gasteiger partial charge in [0.05, 0.1) is 12.1 Å². The van der Waals surface area contributed by atoms with Crippen LogP contribution in [-0.2, 0) is 9.53 Å². The van der Waals surface area contributed by atoms with Gasteiger partial charge >= 0.3 is 0 Å². The smallest absolute Gasteiger partial charge is 0.154 e. The molecule has 0 rings (SSSR count). The summed E-state index contributed by atoms with van der Waals surface area (Å²) < 4.78 is 4.94. The third-order valence-corrected chi connectivity index (χ3v) is 1.78. The van der Waals surface area contributed by atoms with Crippen LogP contribution in [0.15, 0.2) is 0 Å². The van der Waals surface area contributed by atoms with Crippen molar-refractivity contribution in [3.63, 3.8) is 0 Å². The molecule has 0 spiro atoms. The average Bonchev–Trinajstić information content (AvgIpc) is 2.00. The molecule has 0 fully saturated rings. The second-order valence-electron chi connectivity index (χ2n) is 3.02. The van der Waals surface area contributed by atoms with Crippen LogP contribution in [0.4, 0.5) is 0 Å². The van der Waals surface area contributed by atoms with Crippen LogP contribution in [-0.4, -0.2) is 25.0 Å². The zero-order valence-electron chi connectivity index (χ0n) is 7.63. The largest absolute Gasteiger partial charge is 0.380 e. The van der Waals surface area contributed by atoms with E-state index in [2.05, 4.69) is 0 Å². The van der Waals surface area contributed by atoms with Gasteiger partial charge in [-0.15, -0.1) is 0 Å². The fraction of sp³-hybridized carbons (Fsp3) is 0.875. The van der Waals surface area contributed by atoms with Crippen LogP contribution in [0.25, 0.3) is 0 Å². The van der Waals surface area contributed by atoms with Crippen LogP contribution in [0.5, 0.6) is 0 Å². The van der Waals surface area contributed by atoms with E-state index in [0.717, 1.165) is 0 Å². The van der Waals surface area contributed by atoms with Crippen molar-refractivity contribution in [1.29, 1.82) is 0 Å². The zero-order chi connectivity index (χ0) is 9.02. The Labute approximate surface area is 67.9 Å². The molecule has 0 saturated carbocycles. The van der Waals surface area contributed by atoms with Gasteiger partial charge in [-0.3, -0.25) is 4.79 Å². The summed E-state index contributed by atoms with van der Waals surface area (Å²) in [5.41, 5.74) is 5.60. The van der Waals surface area contributed by atoms with E-state index in [1.807, 2.05) is 13.8 Å². The van der Waals surface area contributed by atoms with Crippen LogP contribution >= 0.6 is 0 Å². The molecule has 0 bridgehead atoms. The molecule has 2 unspecified atom stereocenters. The molecule has 0 aromatic rings. The summed E-state index contributed by atoms with van der Waals surface area (Å²) in [6, 6.07) is -0.486. The summed E-state index contributed by atoms with van der Waals surface area (Å²) in [6.07, 6.45) is -0.190. The van der Waals surface area contributed by atoms with Crippen LogP contribution in [0.3, 0.4) is 0 Å². The van der Waals surface area contributed by atoms with Crippen LogP contribution < -0.4 is 5.73 Å². The Morgan fingerprint density at radius 3 is 2.09 bits per heavy atom. The molecule has 0 amide bonds. The number of nitrogens with two attached hydrogens (primary N) is 1. The maximum absolute atomic E-state index is 11.2. The molecule has 0 aliphatic heterocycles. The molecule has 11 heavy (non-hydrogen) atoms. The monoisotopic (exact) mass is 159 g/mol. The van der Waals surface area contributed by atoms with Gasteiger partial charge in [0.1, 0.15) is 0 Å². The van der Waals surface area contributed by atoms with Gasteiger partial charge in [-0.05, 0) is 6.92 Å². The maximum atomic E-state index is 11.2. The summed E-state index contributed by atoms with van der Waals surface area (Å²) >= 11 is 0. The zero-order valence-corrected chi connectivity index (χ0v) is 7.63. The number of Topliss-reactive ketones (excluding diaryl/α,β-unsaturated/α-hetero) is 1. The van der Waals surface area contributed by atoms with Crippen LogP contribution in [0, 0.1) is 5.92 Å². The summed E-state index contributed by atoms with van der Waals surface area (Å²) in [7, 11) is 1.55. The number of carbonyl (C=O) groups is 1. The molecule has 0 aliphatic carbocycles. The fourth-order valence-electron chi connectivity index (χ4n) is 0.763. The van der Waals surface area contributed by atoms with Crippen LogP contribution in [0.1, 0.15) is 20.8 Å². The van der Waals surface area contributed by atoms with Crippen molar-refractivity contribution in [2.24, 2.45) is 11.7 Å². The van der Waals surface area contributed by atoms with Gasteiger partial charge in [0.15, 0.2) is 5.78 Å². The number of carbonyl (C=O) groups excluding carboxylic acids is 1. The highest BCUT2D eigenvalue weighted by molar-refractivity contribution is 5.86. The SMILES string of the molecule is COC(C)C(N)C(=O)C(C)C. The molecule has 2 atom stereocenters. The lowest BCUT2D eigenvalue weighted by molar-refractivity contribution is -0.125. The van der Waals surface area contributed by atoms with Crippen molar-refractivity contribution in [3.05, 3.63) is 0 Å². The number of rotatable bonds is 4. The number of ether oxygens (including phenoxy) is 1. The number of methoxy groups -OCH3 is 1. The van der Waals surface area contributed by atoms with Crippen LogP contribution in [0.2, 0.25) is 0 Å². The van der Waals surface area contributed by atoms with E-state index in [0.29, 0.717) is 0 Å². The molecule has 0 aromatic heterocycles. The molecular formula is C8H17NO2.